The zero-order valence-corrected chi connectivity index (χ0v) is 15.0. The van der Waals surface area contributed by atoms with Crippen molar-refractivity contribution in [3.63, 3.8) is 0 Å². The fourth-order valence-electron chi connectivity index (χ4n) is 2.18. The lowest BCUT2D eigenvalue weighted by Crippen LogP contribution is -2.55. The van der Waals surface area contributed by atoms with Crippen LogP contribution in [0.25, 0.3) is 6.08 Å². The van der Waals surface area contributed by atoms with Crippen molar-refractivity contribution in [2.45, 2.75) is 38.8 Å². The molecular weight excluding hydrogens is 328 g/mol. The Morgan fingerprint density at radius 2 is 2.29 bits per heavy atom. The van der Waals surface area contributed by atoms with Gasteiger partial charge in [0, 0.05) is 12.1 Å². The van der Waals surface area contributed by atoms with Gasteiger partial charge in [-0.05, 0) is 33.3 Å². The Kier molecular flexibility index (Phi) is 5.89. The van der Waals surface area contributed by atoms with E-state index in [4.69, 9.17) is 21.1 Å². The number of nitrogens with zero attached hydrogens (tertiary/aromatic N) is 2. The molecule has 1 fully saturated rings. The van der Waals surface area contributed by atoms with Gasteiger partial charge in [0.1, 0.15) is 23.1 Å². The molecule has 0 unspecified atom stereocenters. The average Bonchev–Trinajstić information content (AvgIpc) is 2.44. The van der Waals surface area contributed by atoms with Crippen LogP contribution in [0.4, 0.5) is 4.79 Å². The van der Waals surface area contributed by atoms with Gasteiger partial charge in [-0.15, -0.1) is 0 Å². The summed E-state index contributed by atoms with van der Waals surface area (Å²) in [6, 6.07) is 1.83. The molecule has 1 saturated heterocycles. The summed E-state index contributed by atoms with van der Waals surface area (Å²) in [5.74, 6) is 0.610. The molecule has 1 atom stereocenters. The molecule has 2 rings (SSSR count). The van der Waals surface area contributed by atoms with E-state index in [-0.39, 0.29) is 12.1 Å². The normalized spacial score (nSPS) is 17.5. The summed E-state index contributed by atoms with van der Waals surface area (Å²) in [5, 5.41) is 0.402. The van der Waals surface area contributed by atoms with E-state index < -0.39 is 5.60 Å². The third-order valence-electron chi connectivity index (χ3n) is 3.47. The van der Waals surface area contributed by atoms with E-state index in [9.17, 15) is 4.79 Å². The smallest absolute Gasteiger partial charge is 0.410 e. The molecule has 0 aromatic carbocycles. The lowest BCUT2D eigenvalue weighted by atomic mass is 10.1. The zero-order chi connectivity index (χ0) is 17.7. The summed E-state index contributed by atoms with van der Waals surface area (Å²) in [6.07, 6.45) is 7.42. The molecule has 1 aliphatic heterocycles. The van der Waals surface area contributed by atoms with Gasteiger partial charge in [-0.25, -0.2) is 9.78 Å². The molecule has 5 nitrogen and oxygen atoms in total. The minimum absolute atomic E-state index is 0.0164. The van der Waals surface area contributed by atoms with Gasteiger partial charge >= 0.3 is 6.09 Å². The minimum Gasteiger partial charge on any atom is -0.490 e. The maximum atomic E-state index is 12.1. The van der Waals surface area contributed by atoms with Crippen LogP contribution >= 0.6 is 11.6 Å². The van der Waals surface area contributed by atoms with Gasteiger partial charge in [-0.2, -0.15) is 0 Å². The summed E-state index contributed by atoms with van der Waals surface area (Å²) in [7, 11) is 0. The molecule has 1 aliphatic rings. The predicted molar refractivity (Wildman–Crippen MR) is 95.3 cm³/mol. The molecule has 0 bridgehead atoms. The second-order valence-electron chi connectivity index (χ2n) is 6.57. The largest absolute Gasteiger partial charge is 0.490 e. The SMILES string of the molecule is C=CC=Cc1cc(OC[C@@H]2CCN2C(=O)OC(C)(C)C)cnc1Cl. The Morgan fingerprint density at radius 1 is 1.54 bits per heavy atom. The summed E-state index contributed by atoms with van der Waals surface area (Å²) < 4.78 is 11.2. The van der Waals surface area contributed by atoms with Crippen molar-refractivity contribution < 1.29 is 14.3 Å². The molecule has 24 heavy (non-hydrogen) atoms. The van der Waals surface area contributed by atoms with E-state index in [1.165, 1.54) is 0 Å². The first-order valence-corrected chi connectivity index (χ1v) is 8.25. The summed E-state index contributed by atoms with van der Waals surface area (Å²) in [5.41, 5.74) is 0.261. The number of amides is 1. The third kappa shape index (κ3) is 4.99. The second kappa shape index (κ2) is 7.71. The lowest BCUT2D eigenvalue weighted by Gasteiger charge is -2.40. The molecule has 1 aromatic rings. The highest BCUT2D eigenvalue weighted by molar-refractivity contribution is 6.30. The fraction of sp³-hybridized carbons (Fsp3) is 0.444. The highest BCUT2D eigenvalue weighted by Gasteiger charge is 2.35. The van der Waals surface area contributed by atoms with Gasteiger partial charge in [0.05, 0.1) is 12.2 Å². The summed E-state index contributed by atoms with van der Waals surface area (Å²) in [4.78, 5) is 17.9. The fourth-order valence-corrected chi connectivity index (χ4v) is 2.35. The van der Waals surface area contributed by atoms with E-state index in [1.807, 2.05) is 32.9 Å². The van der Waals surface area contributed by atoms with Crippen LogP contribution in [0.1, 0.15) is 32.8 Å². The van der Waals surface area contributed by atoms with Crippen LogP contribution in [0.3, 0.4) is 0 Å². The first-order chi connectivity index (χ1) is 11.3. The molecule has 1 aromatic heterocycles. The van der Waals surface area contributed by atoms with Crippen LogP contribution in [-0.4, -0.2) is 40.8 Å². The summed E-state index contributed by atoms with van der Waals surface area (Å²) in [6.45, 7) is 10.3. The number of ether oxygens (including phenoxy) is 2. The maximum Gasteiger partial charge on any atom is 0.410 e. The van der Waals surface area contributed by atoms with Crippen molar-refractivity contribution in [3.8, 4) is 5.75 Å². The van der Waals surface area contributed by atoms with Gasteiger partial charge in [0.15, 0.2) is 0 Å². The quantitative estimate of drug-likeness (QED) is 0.586. The van der Waals surface area contributed by atoms with Crippen molar-refractivity contribution in [2.75, 3.05) is 13.2 Å². The number of hydrogen-bond donors (Lipinski definition) is 0. The first kappa shape index (κ1) is 18.3. The van der Waals surface area contributed by atoms with Gasteiger partial charge in [-0.3, -0.25) is 0 Å². The van der Waals surface area contributed by atoms with E-state index >= 15 is 0 Å². The van der Waals surface area contributed by atoms with E-state index in [1.54, 1.807) is 23.2 Å². The van der Waals surface area contributed by atoms with Gasteiger partial charge in [0.2, 0.25) is 0 Å². The number of rotatable bonds is 5. The molecule has 0 spiro atoms. The van der Waals surface area contributed by atoms with Crippen LogP contribution in [-0.2, 0) is 4.74 Å². The lowest BCUT2D eigenvalue weighted by molar-refractivity contribution is -0.0141. The standard InChI is InChI=1S/C18H23ClN2O3/c1-5-6-7-13-10-15(11-20-16(13)19)23-12-14-8-9-21(14)17(22)24-18(2,3)4/h5-7,10-11,14H,1,8-9,12H2,2-4H3/t14-/m0/s1. The highest BCUT2D eigenvalue weighted by Crippen LogP contribution is 2.24. The number of allylic oxidation sites excluding steroid dienone is 2. The Hall–Kier alpha value is -2.01. The number of hydrogen-bond acceptors (Lipinski definition) is 4. The number of halogens is 1. The Morgan fingerprint density at radius 3 is 2.88 bits per heavy atom. The molecule has 0 saturated carbocycles. The van der Waals surface area contributed by atoms with Crippen molar-refractivity contribution in [1.29, 1.82) is 0 Å². The minimum atomic E-state index is -0.495. The summed E-state index contributed by atoms with van der Waals surface area (Å²) >= 11 is 6.04. The number of carbonyl (C=O) groups excluding carboxylic acids is 1. The van der Waals surface area contributed by atoms with Crippen molar-refractivity contribution in [1.82, 2.24) is 9.88 Å². The molecule has 0 N–H and O–H groups in total. The third-order valence-corrected chi connectivity index (χ3v) is 3.78. The predicted octanol–water partition coefficient (Wildman–Crippen LogP) is 4.32. The van der Waals surface area contributed by atoms with Crippen molar-refractivity contribution in [2.24, 2.45) is 0 Å². The van der Waals surface area contributed by atoms with Crippen LogP contribution in [0.15, 0.2) is 31.0 Å². The molecule has 0 radical (unpaired) electrons. The number of aromatic nitrogens is 1. The molecule has 2 heterocycles. The van der Waals surface area contributed by atoms with Crippen LogP contribution in [0.5, 0.6) is 5.75 Å². The number of carbonyl (C=O) groups is 1. The number of likely N-dealkylation sites (tertiary alicyclic amines) is 1. The van der Waals surface area contributed by atoms with E-state index in [0.29, 0.717) is 24.1 Å². The molecule has 6 heteroatoms. The topological polar surface area (TPSA) is 51.7 Å². The Balaban J connectivity index is 1.93. The van der Waals surface area contributed by atoms with Crippen LogP contribution in [0.2, 0.25) is 5.15 Å². The second-order valence-corrected chi connectivity index (χ2v) is 6.93. The van der Waals surface area contributed by atoms with Crippen LogP contribution in [0, 0.1) is 0 Å². The van der Waals surface area contributed by atoms with Gasteiger partial charge < -0.3 is 14.4 Å². The average molecular weight is 351 g/mol. The van der Waals surface area contributed by atoms with E-state index in [2.05, 4.69) is 11.6 Å². The molecular formula is C18H23ClN2O3. The Labute approximate surface area is 147 Å². The molecule has 1 amide bonds. The highest BCUT2D eigenvalue weighted by atomic mass is 35.5. The zero-order valence-electron chi connectivity index (χ0n) is 14.3. The Bertz CT molecular complexity index is 638. The first-order valence-electron chi connectivity index (χ1n) is 7.87. The van der Waals surface area contributed by atoms with Crippen LogP contribution < -0.4 is 4.74 Å². The van der Waals surface area contributed by atoms with Gasteiger partial charge in [0.25, 0.3) is 0 Å². The van der Waals surface area contributed by atoms with E-state index in [0.717, 1.165) is 12.0 Å². The molecule has 130 valence electrons. The van der Waals surface area contributed by atoms with Gasteiger partial charge in [-0.1, -0.05) is 36.4 Å². The number of pyridine rings is 1. The maximum absolute atomic E-state index is 12.1. The van der Waals surface area contributed by atoms with Crippen molar-refractivity contribution >= 4 is 23.8 Å². The monoisotopic (exact) mass is 350 g/mol. The molecule has 0 aliphatic carbocycles. The van der Waals surface area contributed by atoms with Crippen molar-refractivity contribution in [3.05, 3.63) is 41.7 Å².